The van der Waals surface area contributed by atoms with Crippen molar-refractivity contribution in [2.24, 2.45) is 5.92 Å². The van der Waals surface area contributed by atoms with E-state index in [0.29, 0.717) is 0 Å². The third-order valence-electron chi connectivity index (χ3n) is 3.71. The second-order valence-electron chi connectivity index (χ2n) is 5.57. The lowest BCUT2D eigenvalue weighted by molar-refractivity contribution is -0.123. The Kier molecular flexibility index (Phi) is 6.56. The van der Waals surface area contributed by atoms with Gasteiger partial charge in [-0.15, -0.1) is 0 Å². The fraction of sp³-hybridized carbons (Fsp3) is 0.929. The Hall–Kier alpha value is -0.570. The predicted octanol–water partition coefficient (Wildman–Crippen LogP) is 2.41. The van der Waals surface area contributed by atoms with Crippen LogP contribution in [0.2, 0.25) is 0 Å². The van der Waals surface area contributed by atoms with Crippen molar-refractivity contribution >= 4 is 5.91 Å². The van der Waals surface area contributed by atoms with Crippen molar-refractivity contribution < 1.29 is 4.79 Å². The topological polar surface area (TPSA) is 32.3 Å². The summed E-state index contributed by atoms with van der Waals surface area (Å²) in [7, 11) is 2.22. The lowest BCUT2D eigenvalue weighted by Gasteiger charge is -2.31. The molecule has 0 bridgehead atoms. The number of carbonyl (C=O) groups is 1. The molecule has 1 fully saturated rings. The highest BCUT2D eigenvalue weighted by Crippen LogP contribution is 2.21. The summed E-state index contributed by atoms with van der Waals surface area (Å²) in [5.74, 6) is 0.274. The van der Waals surface area contributed by atoms with E-state index in [-0.39, 0.29) is 11.8 Å². The van der Waals surface area contributed by atoms with Gasteiger partial charge in [0.2, 0.25) is 5.91 Å². The van der Waals surface area contributed by atoms with E-state index in [1.807, 2.05) is 13.8 Å². The Labute approximate surface area is 106 Å². The van der Waals surface area contributed by atoms with Gasteiger partial charge < -0.3 is 10.2 Å². The average molecular weight is 240 g/mol. The normalized spacial score (nSPS) is 17.7. The molecule has 0 atom stereocenters. The predicted molar refractivity (Wildman–Crippen MR) is 72.0 cm³/mol. The molecule has 1 saturated carbocycles. The first kappa shape index (κ1) is 14.5. The molecule has 0 heterocycles. The number of nitrogens with zero attached hydrogens (tertiary/aromatic N) is 1. The van der Waals surface area contributed by atoms with Crippen molar-refractivity contribution in [1.29, 1.82) is 0 Å². The third-order valence-corrected chi connectivity index (χ3v) is 3.71. The lowest BCUT2D eigenvalue weighted by atomic mass is 9.94. The first-order valence-corrected chi connectivity index (χ1v) is 7.09. The van der Waals surface area contributed by atoms with Crippen LogP contribution in [-0.2, 0) is 4.79 Å². The van der Waals surface area contributed by atoms with Crippen LogP contribution in [0, 0.1) is 5.92 Å². The van der Waals surface area contributed by atoms with Gasteiger partial charge in [0.25, 0.3) is 0 Å². The summed E-state index contributed by atoms with van der Waals surface area (Å²) in [6, 6.07) is 0.782. The summed E-state index contributed by atoms with van der Waals surface area (Å²) in [6.07, 6.45) is 7.96. The van der Waals surface area contributed by atoms with E-state index < -0.39 is 0 Å². The van der Waals surface area contributed by atoms with E-state index in [0.717, 1.165) is 25.6 Å². The monoisotopic (exact) mass is 240 g/mol. The van der Waals surface area contributed by atoms with Crippen LogP contribution < -0.4 is 5.32 Å². The average Bonchev–Trinajstić information content (AvgIpc) is 2.35. The molecule has 3 nitrogen and oxygen atoms in total. The standard InChI is InChI=1S/C14H28N2O/c1-12(2)14(17)15-10-7-11-16(3)13-8-5-4-6-9-13/h12-13H,4-11H2,1-3H3,(H,15,17). The number of carbonyl (C=O) groups excluding carboxylic acids is 1. The van der Waals surface area contributed by atoms with Gasteiger partial charge in [0, 0.05) is 18.5 Å². The highest BCUT2D eigenvalue weighted by Gasteiger charge is 2.17. The highest BCUT2D eigenvalue weighted by molar-refractivity contribution is 5.77. The van der Waals surface area contributed by atoms with Gasteiger partial charge in [-0.3, -0.25) is 4.79 Å². The van der Waals surface area contributed by atoms with Gasteiger partial charge in [0.05, 0.1) is 0 Å². The maximum absolute atomic E-state index is 11.4. The molecule has 1 aliphatic rings. The van der Waals surface area contributed by atoms with Crippen LogP contribution in [0.1, 0.15) is 52.4 Å². The molecule has 0 aromatic rings. The summed E-state index contributed by atoms with van der Waals surface area (Å²) in [5.41, 5.74) is 0. The van der Waals surface area contributed by atoms with E-state index in [1.165, 1.54) is 32.1 Å². The number of amides is 1. The molecule has 0 aliphatic heterocycles. The Balaban J connectivity index is 2.07. The van der Waals surface area contributed by atoms with Crippen molar-refractivity contribution in [2.75, 3.05) is 20.1 Å². The zero-order valence-electron chi connectivity index (χ0n) is 11.7. The molecule has 0 spiro atoms. The van der Waals surface area contributed by atoms with Gasteiger partial charge in [-0.25, -0.2) is 0 Å². The van der Waals surface area contributed by atoms with Crippen LogP contribution in [0.3, 0.4) is 0 Å². The Morgan fingerprint density at radius 2 is 1.94 bits per heavy atom. The molecule has 1 amide bonds. The number of nitrogens with one attached hydrogen (secondary N) is 1. The minimum absolute atomic E-state index is 0.103. The number of hydrogen-bond acceptors (Lipinski definition) is 2. The van der Waals surface area contributed by atoms with Crippen LogP contribution in [0.25, 0.3) is 0 Å². The molecule has 0 unspecified atom stereocenters. The molecule has 0 saturated heterocycles. The maximum atomic E-state index is 11.4. The van der Waals surface area contributed by atoms with Gasteiger partial charge in [-0.1, -0.05) is 33.1 Å². The smallest absolute Gasteiger partial charge is 0.222 e. The largest absolute Gasteiger partial charge is 0.356 e. The second-order valence-corrected chi connectivity index (χ2v) is 5.57. The van der Waals surface area contributed by atoms with Gasteiger partial charge in [-0.2, -0.15) is 0 Å². The molecule has 17 heavy (non-hydrogen) atoms. The van der Waals surface area contributed by atoms with Crippen molar-refractivity contribution in [1.82, 2.24) is 10.2 Å². The highest BCUT2D eigenvalue weighted by atomic mass is 16.1. The van der Waals surface area contributed by atoms with Crippen LogP contribution in [0.4, 0.5) is 0 Å². The fourth-order valence-electron chi connectivity index (χ4n) is 2.45. The Bertz CT molecular complexity index is 222. The van der Waals surface area contributed by atoms with E-state index in [9.17, 15) is 4.79 Å². The first-order chi connectivity index (χ1) is 8.11. The number of hydrogen-bond donors (Lipinski definition) is 1. The minimum Gasteiger partial charge on any atom is -0.356 e. The van der Waals surface area contributed by atoms with Gasteiger partial charge in [0.1, 0.15) is 0 Å². The van der Waals surface area contributed by atoms with Crippen LogP contribution in [0.5, 0.6) is 0 Å². The fourth-order valence-corrected chi connectivity index (χ4v) is 2.45. The molecule has 0 aromatic carbocycles. The summed E-state index contributed by atoms with van der Waals surface area (Å²) in [4.78, 5) is 13.8. The van der Waals surface area contributed by atoms with Crippen molar-refractivity contribution in [3.8, 4) is 0 Å². The third kappa shape index (κ3) is 5.53. The zero-order chi connectivity index (χ0) is 12.7. The summed E-state index contributed by atoms with van der Waals surface area (Å²) < 4.78 is 0. The van der Waals surface area contributed by atoms with Gasteiger partial charge in [-0.05, 0) is 32.9 Å². The molecule has 3 heteroatoms. The molecule has 1 rings (SSSR count). The van der Waals surface area contributed by atoms with Crippen LogP contribution in [-0.4, -0.2) is 37.0 Å². The van der Waals surface area contributed by atoms with Crippen molar-refractivity contribution in [3.63, 3.8) is 0 Å². The summed E-state index contributed by atoms with van der Waals surface area (Å²) in [5, 5.41) is 2.97. The van der Waals surface area contributed by atoms with Gasteiger partial charge in [0.15, 0.2) is 0 Å². The molecular formula is C14H28N2O. The molecular weight excluding hydrogens is 212 g/mol. The minimum atomic E-state index is 0.103. The van der Waals surface area contributed by atoms with E-state index in [4.69, 9.17) is 0 Å². The van der Waals surface area contributed by atoms with Crippen LogP contribution >= 0.6 is 0 Å². The second kappa shape index (κ2) is 7.70. The summed E-state index contributed by atoms with van der Waals surface area (Å²) in [6.45, 7) is 5.78. The Morgan fingerprint density at radius 3 is 2.53 bits per heavy atom. The maximum Gasteiger partial charge on any atom is 0.222 e. The molecule has 0 aromatic heterocycles. The summed E-state index contributed by atoms with van der Waals surface area (Å²) >= 11 is 0. The van der Waals surface area contributed by atoms with E-state index in [2.05, 4.69) is 17.3 Å². The zero-order valence-corrected chi connectivity index (χ0v) is 11.7. The lowest BCUT2D eigenvalue weighted by Crippen LogP contribution is -2.36. The molecule has 100 valence electrons. The molecule has 1 aliphatic carbocycles. The van der Waals surface area contributed by atoms with E-state index in [1.54, 1.807) is 0 Å². The number of rotatable bonds is 6. The SMILES string of the molecule is CC(C)C(=O)NCCCN(C)C1CCCCC1. The van der Waals surface area contributed by atoms with Crippen molar-refractivity contribution in [3.05, 3.63) is 0 Å². The Morgan fingerprint density at radius 1 is 1.29 bits per heavy atom. The molecule has 1 N–H and O–H groups in total. The van der Waals surface area contributed by atoms with E-state index >= 15 is 0 Å². The quantitative estimate of drug-likeness (QED) is 0.723. The molecule has 0 radical (unpaired) electrons. The van der Waals surface area contributed by atoms with Crippen LogP contribution in [0.15, 0.2) is 0 Å². The van der Waals surface area contributed by atoms with Crippen molar-refractivity contribution in [2.45, 2.75) is 58.4 Å². The van der Waals surface area contributed by atoms with Gasteiger partial charge >= 0.3 is 0 Å². The first-order valence-electron chi connectivity index (χ1n) is 7.09.